The lowest BCUT2D eigenvalue weighted by molar-refractivity contribution is -0.757. The molecule has 1 aromatic carbocycles. The Kier molecular flexibility index (Phi) is 10.4. The maximum Gasteiger partial charge on any atom is 0.294 e. The number of likely N-dealkylation sites (N-methyl/N-ethyl adjacent to an activating group) is 1. The molecule has 1 unspecified atom stereocenters. The standard InChI is InChI=1S/C20H33N3O6/c1-20(2,3)21-14-17(24)15-28-18-9-7-16(8-10-18)13-19(25)22(4)11-5-6-12-29-23(26)27/h7-10,17,21,24H,5-6,11-15H2,1-4H3. The first-order valence-electron chi connectivity index (χ1n) is 9.73. The second-order valence-electron chi connectivity index (χ2n) is 8.00. The van der Waals surface area contributed by atoms with Gasteiger partial charge in [-0.15, -0.1) is 10.1 Å². The van der Waals surface area contributed by atoms with Gasteiger partial charge in [-0.2, -0.15) is 0 Å². The first-order valence-corrected chi connectivity index (χ1v) is 9.73. The molecule has 0 heterocycles. The highest BCUT2D eigenvalue weighted by molar-refractivity contribution is 5.78. The Hall–Kier alpha value is -2.39. The van der Waals surface area contributed by atoms with Gasteiger partial charge < -0.3 is 24.9 Å². The highest BCUT2D eigenvalue weighted by atomic mass is 16.9. The zero-order valence-electron chi connectivity index (χ0n) is 17.7. The molecule has 1 aromatic rings. The van der Waals surface area contributed by atoms with E-state index in [0.29, 0.717) is 31.7 Å². The lowest BCUT2D eigenvalue weighted by Crippen LogP contribution is -2.42. The minimum atomic E-state index is -0.814. The van der Waals surface area contributed by atoms with E-state index >= 15 is 0 Å². The normalized spacial score (nSPS) is 12.3. The number of nitrogens with zero attached hydrogens (tertiary/aromatic N) is 2. The molecule has 0 radical (unpaired) electrons. The summed E-state index contributed by atoms with van der Waals surface area (Å²) in [7, 11) is 1.71. The largest absolute Gasteiger partial charge is 0.491 e. The van der Waals surface area contributed by atoms with Gasteiger partial charge in [0, 0.05) is 25.7 Å². The number of aliphatic hydroxyl groups is 1. The molecule has 0 saturated heterocycles. The lowest BCUT2D eigenvalue weighted by Gasteiger charge is -2.23. The fourth-order valence-electron chi connectivity index (χ4n) is 2.40. The molecule has 0 saturated carbocycles. The second-order valence-corrected chi connectivity index (χ2v) is 8.00. The smallest absolute Gasteiger partial charge is 0.294 e. The van der Waals surface area contributed by atoms with Gasteiger partial charge in [-0.05, 0) is 51.3 Å². The first-order chi connectivity index (χ1) is 13.6. The van der Waals surface area contributed by atoms with Crippen LogP contribution >= 0.6 is 0 Å². The van der Waals surface area contributed by atoms with E-state index in [1.807, 2.05) is 32.9 Å². The Morgan fingerprint density at radius 2 is 1.93 bits per heavy atom. The monoisotopic (exact) mass is 411 g/mol. The van der Waals surface area contributed by atoms with Crippen LogP contribution in [-0.4, -0.2) is 66.0 Å². The third-order valence-electron chi connectivity index (χ3n) is 4.10. The molecule has 0 aliphatic heterocycles. The number of carbonyl (C=O) groups excluding carboxylic acids is 1. The number of benzene rings is 1. The predicted octanol–water partition coefficient (Wildman–Crippen LogP) is 1.80. The fourth-order valence-corrected chi connectivity index (χ4v) is 2.40. The van der Waals surface area contributed by atoms with Gasteiger partial charge in [-0.3, -0.25) is 4.79 Å². The minimum Gasteiger partial charge on any atom is -0.491 e. The maximum absolute atomic E-state index is 12.3. The number of unbranched alkanes of at least 4 members (excludes halogenated alkanes) is 1. The number of aliphatic hydroxyl groups excluding tert-OH is 1. The van der Waals surface area contributed by atoms with Gasteiger partial charge in [0.15, 0.2) is 0 Å². The van der Waals surface area contributed by atoms with Gasteiger partial charge >= 0.3 is 0 Å². The number of β-amino-alcohol motifs (C(OH)–C–C–N with tert-alkyl or cyclic N) is 1. The number of ether oxygens (including phenoxy) is 1. The van der Waals surface area contributed by atoms with E-state index in [0.717, 1.165) is 5.56 Å². The van der Waals surface area contributed by atoms with Gasteiger partial charge in [-0.25, -0.2) is 0 Å². The molecule has 1 amide bonds. The summed E-state index contributed by atoms with van der Waals surface area (Å²) in [5, 5.41) is 22.4. The van der Waals surface area contributed by atoms with Gasteiger partial charge in [0.25, 0.3) is 5.09 Å². The second kappa shape index (κ2) is 12.2. The molecular formula is C20H33N3O6. The number of nitrogens with one attached hydrogen (secondary N) is 1. The predicted molar refractivity (Wildman–Crippen MR) is 109 cm³/mol. The van der Waals surface area contributed by atoms with Crippen molar-refractivity contribution in [1.82, 2.24) is 10.2 Å². The molecule has 0 aliphatic carbocycles. The van der Waals surface area contributed by atoms with E-state index in [9.17, 15) is 20.0 Å². The Labute approximate surface area is 172 Å². The van der Waals surface area contributed by atoms with Gasteiger partial charge in [-0.1, -0.05) is 12.1 Å². The van der Waals surface area contributed by atoms with E-state index in [4.69, 9.17) is 4.74 Å². The summed E-state index contributed by atoms with van der Waals surface area (Å²) in [6.45, 7) is 7.28. The van der Waals surface area contributed by atoms with Crippen LogP contribution in [0.15, 0.2) is 24.3 Å². The average molecular weight is 411 g/mol. The summed E-state index contributed by atoms with van der Waals surface area (Å²) < 4.78 is 5.59. The number of hydrogen-bond donors (Lipinski definition) is 2. The van der Waals surface area contributed by atoms with Gasteiger partial charge in [0.1, 0.15) is 18.5 Å². The van der Waals surface area contributed by atoms with E-state index in [1.54, 1.807) is 24.1 Å². The SMILES string of the molecule is CN(CCCCO[N+](=O)[O-])C(=O)Cc1ccc(OCC(O)CNC(C)(C)C)cc1. The third kappa shape index (κ3) is 11.9. The van der Waals surface area contributed by atoms with Crippen LogP contribution in [0.5, 0.6) is 5.75 Å². The first kappa shape index (κ1) is 24.6. The highest BCUT2D eigenvalue weighted by Gasteiger charge is 2.13. The van der Waals surface area contributed by atoms with Gasteiger partial charge in [0.2, 0.25) is 5.91 Å². The molecule has 0 aliphatic rings. The van der Waals surface area contributed by atoms with Crippen LogP contribution in [0.1, 0.15) is 39.2 Å². The Bertz CT molecular complexity index is 630. The molecule has 1 atom stereocenters. The molecule has 29 heavy (non-hydrogen) atoms. The van der Waals surface area contributed by atoms with Crippen molar-refractivity contribution in [1.29, 1.82) is 0 Å². The quantitative estimate of drug-likeness (QED) is 0.289. The molecule has 9 nitrogen and oxygen atoms in total. The van der Waals surface area contributed by atoms with E-state index in [1.165, 1.54) is 0 Å². The Balaban J connectivity index is 2.32. The minimum absolute atomic E-state index is 0.0301. The number of carbonyl (C=O) groups is 1. The summed E-state index contributed by atoms with van der Waals surface area (Å²) in [4.78, 5) is 28.2. The average Bonchev–Trinajstić information content (AvgIpc) is 2.64. The van der Waals surface area contributed by atoms with Crippen molar-refractivity contribution in [2.75, 3.05) is 33.4 Å². The van der Waals surface area contributed by atoms with E-state index in [2.05, 4.69) is 10.2 Å². The van der Waals surface area contributed by atoms with E-state index in [-0.39, 0.29) is 31.1 Å². The van der Waals surface area contributed by atoms with Crippen LogP contribution in [0.2, 0.25) is 0 Å². The van der Waals surface area contributed by atoms with Crippen molar-refractivity contribution >= 4 is 5.91 Å². The summed E-state index contributed by atoms with van der Waals surface area (Å²) in [5.41, 5.74) is 0.798. The maximum atomic E-state index is 12.3. The number of hydrogen-bond acceptors (Lipinski definition) is 7. The summed E-state index contributed by atoms with van der Waals surface area (Å²) >= 11 is 0. The van der Waals surface area contributed by atoms with Crippen LogP contribution in [0.4, 0.5) is 0 Å². The molecule has 1 rings (SSSR count). The van der Waals surface area contributed by atoms with Crippen molar-refractivity contribution in [3.8, 4) is 5.75 Å². The van der Waals surface area contributed by atoms with Crippen LogP contribution in [0, 0.1) is 10.1 Å². The molecule has 164 valence electrons. The molecule has 0 spiro atoms. The Morgan fingerprint density at radius 3 is 2.52 bits per heavy atom. The summed E-state index contributed by atoms with van der Waals surface area (Å²) in [6.07, 6.45) is 0.803. The topological polar surface area (TPSA) is 114 Å². The molecule has 0 fully saturated rings. The van der Waals surface area contributed by atoms with Crippen LogP contribution in [0.25, 0.3) is 0 Å². The van der Waals surface area contributed by atoms with Crippen LogP contribution < -0.4 is 10.1 Å². The molecule has 9 heteroatoms. The fraction of sp³-hybridized carbons (Fsp3) is 0.650. The molecule has 0 aromatic heterocycles. The number of amides is 1. The third-order valence-corrected chi connectivity index (χ3v) is 4.10. The summed E-state index contributed by atoms with van der Waals surface area (Å²) in [6, 6.07) is 7.21. The zero-order chi connectivity index (χ0) is 21.9. The summed E-state index contributed by atoms with van der Waals surface area (Å²) in [5.74, 6) is 0.604. The molecule has 2 N–H and O–H groups in total. The van der Waals surface area contributed by atoms with Crippen molar-refractivity contribution in [3.63, 3.8) is 0 Å². The van der Waals surface area contributed by atoms with Crippen LogP contribution in [-0.2, 0) is 16.1 Å². The number of rotatable bonds is 13. The van der Waals surface area contributed by atoms with Crippen molar-refractivity contribution in [3.05, 3.63) is 39.9 Å². The van der Waals surface area contributed by atoms with E-state index < -0.39 is 11.2 Å². The lowest BCUT2D eigenvalue weighted by atomic mass is 10.1. The molecular weight excluding hydrogens is 378 g/mol. The zero-order valence-corrected chi connectivity index (χ0v) is 17.7. The van der Waals surface area contributed by atoms with Crippen molar-refractivity contribution < 1.29 is 24.6 Å². The van der Waals surface area contributed by atoms with Crippen molar-refractivity contribution in [2.24, 2.45) is 0 Å². The van der Waals surface area contributed by atoms with Crippen molar-refractivity contribution in [2.45, 2.75) is 51.7 Å². The van der Waals surface area contributed by atoms with Gasteiger partial charge in [0.05, 0.1) is 13.0 Å². The highest BCUT2D eigenvalue weighted by Crippen LogP contribution is 2.14. The molecule has 0 bridgehead atoms. The Morgan fingerprint density at radius 1 is 1.28 bits per heavy atom. The van der Waals surface area contributed by atoms with Crippen LogP contribution in [0.3, 0.4) is 0 Å².